The van der Waals surface area contributed by atoms with Crippen molar-refractivity contribution in [2.75, 3.05) is 0 Å². The van der Waals surface area contributed by atoms with Gasteiger partial charge in [-0.25, -0.2) is 11.1 Å². The summed E-state index contributed by atoms with van der Waals surface area (Å²) in [6.07, 6.45) is 3.50. The van der Waals surface area contributed by atoms with Gasteiger partial charge in [0.05, 0.1) is 0 Å². The predicted molar refractivity (Wildman–Crippen MR) is 91.1 cm³/mol. The van der Waals surface area contributed by atoms with Crippen LogP contribution in [0, 0.1) is 19.1 Å². The molecule has 0 saturated carbocycles. The van der Waals surface area contributed by atoms with Gasteiger partial charge in [0.15, 0.2) is 0 Å². The van der Waals surface area contributed by atoms with Gasteiger partial charge in [-0.05, 0) is 11.6 Å². The average Bonchev–Trinajstić information content (AvgIpc) is 2.86. The summed E-state index contributed by atoms with van der Waals surface area (Å²) in [6.45, 7) is 8.16. The molecule has 0 fully saturated rings. The molecule has 0 amide bonds. The molecule has 0 unspecified atom stereocenters. The summed E-state index contributed by atoms with van der Waals surface area (Å²) in [5.41, 5.74) is 5.65. The van der Waals surface area contributed by atoms with Crippen molar-refractivity contribution >= 4 is 16.5 Å². The van der Waals surface area contributed by atoms with Crippen molar-refractivity contribution in [2.45, 2.75) is 27.7 Å². The Labute approximate surface area is 158 Å². The van der Waals surface area contributed by atoms with Crippen molar-refractivity contribution in [1.29, 1.82) is 0 Å². The van der Waals surface area contributed by atoms with Crippen LogP contribution in [-0.2, 0) is 32.7 Å². The van der Waals surface area contributed by atoms with Gasteiger partial charge in [-0.2, -0.15) is 30.3 Å². The van der Waals surface area contributed by atoms with Crippen LogP contribution in [0.3, 0.4) is 0 Å². The molecule has 1 aromatic heterocycles. The van der Waals surface area contributed by atoms with E-state index in [0.29, 0.717) is 0 Å². The van der Waals surface area contributed by atoms with Crippen LogP contribution in [0.25, 0.3) is 16.5 Å². The van der Waals surface area contributed by atoms with E-state index in [4.69, 9.17) is 0 Å². The number of aromatic amines is 1. The minimum absolute atomic E-state index is 0. The van der Waals surface area contributed by atoms with Crippen molar-refractivity contribution in [1.82, 2.24) is 4.98 Å². The molecule has 3 rings (SSSR count). The van der Waals surface area contributed by atoms with E-state index in [2.05, 4.69) is 55.2 Å². The second-order valence-electron chi connectivity index (χ2n) is 4.70. The van der Waals surface area contributed by atoms with Crippen LogP contribution in [-0.4, -0.2) is 4.98 Å². The second kappa shape index (κ2) is 9.07. The molecular weight excluding hydrogens is 343 g/mol. The number of aryl methyl sites for hydroxylation is 1. The molecule has 3 aromatic rings. The van der Waals surface area contributed by atoms with E-state index in [1.54, 1.807) is 0 Å². The first-order chi connectivity index (χ1) is 10.3. The summed E-state index contributed by atoms with van der Waals surface area (Å²) >= 11 is 0. The largest absolute Gasteiger partial charge is 0.406 e. The number of nitrogens with one attached hydrogen (secondary N) is 1. The molecule has 1 N–H and O–H groups in total. The van der Waals surface area contributed by atoms with Gasteiger partial charge in [-0.3, -0.25) is 0 Å². The molecule has 2 heteroatoms. The minimum Gasteiger partial charge on any atom is -0.406 e. The van der Waals surface area contributed by atoms with Crippen molar-refractivity contribution in [3.63, 3.8) is 0 Å². The van der Waals surface area contributed by atoms with Crippen LogP contribution in [0.4, 0.5) is 0 Å². The maximum atomic E-state index is 3.50. The number of hydrogen-bond acceptors (Lipinski definition) is 0. The van der Waals surface area contributed by atoms with E-state index in [1.165, 1.54) is 5.39 Å². The summed E-state index contributed by atoms with van der Waals surface area (Å²) < 4.78 is 0. The molecule has 111 valence electrons. The van der Waals surface area contributed by atoms with E-state index in [-0.39, 0.29) is 32.7 Å². The van der Waals surface area contributed by atoms with Crippen LogP contribution in [0.5, 0.6) is 0 Å². The standard InChI is InChI=1S/C18H15N.C2H6.Y/c1-13(15-8-4-3-5-9-15)12-17-14(2)19-18-11-7-6-10-16(17)18;1-2;/h3-8,10-11,19H,1-2H3;1-2H3;/q-2;;. The molecule has 0 spiro atoms. The number of para-hydroxylation sites is 1. The van der Waals surface area contributed by atoms with Crippen LogP contribution in [0.15, 0.2) is 48.5 Å². The van der Waals surface area contributed by atoms with E-state index < -0.39 is 0 Å². The zero-order chi connectivity index (χ0) is 15.2. The summed E-state index contributed by atoms with van der Waals surface area (Å²) in [5.74, 6) is 0. The van der Waals surface area contributed by atoms with Gasteiger partial charge in [0.1, 0.15) is 0 Å². The number of fused-ring (bicyclic) bond motifs is 1. The molecule has 0 bridgehead atoms. The van der Waals surface area contributed by atoms with Crippen LogP contribution < -0.4 is 0 Å². The van der Waals surface area contributed by atoms with E-state index in [9.17, 15) is 0 Å². The van der Waals surface area contributed by atoms with Gasteiger partial charge in [-0.1, -0.05) is 57.0 Å². The molecule has 1 heterocycles. The maximum absolute atomic E-state index is 3.50. The van der Waals surface area contributed by atoms with Crippen LogP contribution in [0.1, 0.15) is 37.6 Å². The fraction of sp³-hybridized carbons (Fsp3) is 0.200. The number of hydrogen-bond donors (Lipinski definition) is 1. The molecule has 0 aliphatic carbocycles. The molecule has 0 saturated heterocycles. The van der Waals surface area contributed by atoms with Gasteiger partial charge in [0.2, 0.25) is 0 Å². The first kappa shape index (κ1) is 18.9. The summed E-state index contributed by atoms with van der Waals surface area (Å²) in [7, 11) is 0. The predicted octanol–water partition coefficient (Wildman–Crippen LogP) is 5.56. The van der Waals surface area contributed by atoms with Crippen LogP contribution in [0.2, 0.25) is 0 Å². The van der Waals surface area contributed by atoms with Gasteiger partial charge in [0.25, 0.3) is 0 Å². The molecule has 1 nitrogen and oxygen atoms in total. The summed E-state index contributed by atoms with van der Waals surface area (Å²) in [5, 5.41) is 1.22. The van der Waals surface area contributed by atoms with Crippen molar-refractivity contribution in [3.8, 4) is 0 Å². The normalized spacial score (nSPS) is 10.6. The summed E-state index contributed by atoms with van der Waals surface area (Å²) in [4.78, 5) is 3.40. The number of rotatable bonds is 2. The fourth-order valence-electron chi connectivity index (χ4n) is 2.32. The third-order valence-corrected chi connectivity index (χ3v) is 3.32. The van der Waals surface area contributed by atoms with E-state index >= 15 is 0 Å². The van der Waals surface area contributed by atoms with Gasteiger partial charge in [-0.15, -0.1) is 11.6 Å². The number of benzene rings is 2. The topological polar surface area (TPSA) is 15.8 Å². The van der Waals surface area contributed by atoms with Crippen LogP contribution >= 0.6 is 0 Å². The van der Waals surface area contributed by atoms with E-state index in [0.717, 1.165) is 27.9 Å². The molecule has 2 aromatic carbocycles. The Morgan fingerprint density at radius 2 is 1.73 bits per heavy atom. The third-order valence-electron chi connectivity index (χ3n) is 3.32. The fourth-order valence-corrected chi connectivity index (χ4v) is 2.32. The molecule has 22 heavy (non-hydrogen) atoms. The third kappa shape index (κ3) is 4.18. The monoisotopic (exact) mass is 364 g/mol. The second-order valence-corrected chi connectivity index (χ2v) is 4.70. The summed E-state index contributed by atoms with van der Waals surface area (Å²) in [6, 6.07) is 19.6. The zero-order valence-corrected chi connectivity index (χ0v) is 16.5. The first-order valence-electron chi connectivity index (χ1n) is 7.40. The Balaban J connectivity index is 0.000000775. The molecule has 0 aliphatic rings. The smallest absolute Gasteiger partial charge is 0 e. The Kier molecular flexibility index (Phi) is 7.78. The quantitative estimate of drug-likeness (QED) is 0.574. The zero-order valence-electron chi connectivity index (χ0n) is 13.7. The van der Waals surface area contributed by atoms with Crippen molar-refractivity contribution in [3.05, 3.63) is 77.5 Å². The Morgan fingerprint density at radius 3 is 2.41 bits per heavy atom. The molecule has 1 radical (unpaired) electrons. The minimum atomic E-state index is 0. The Hall–Kier alpha value is -1.18. The SMILES string of the molecule is CC.CC(=[C-]c1c(C)[nH]c2ccccc12)c1[c-]cccc1.[Y]. The maximum Gasteiger partial charge on any atom is 0 e. The molecule has 0 atom stereocenters. The van der Waals surface area contributed by atoms with Gasteiger partial charge >= 0.3 is 0 Å². The Bertz CT molecular complexity index is 739. The number of aromatic nitrogens is 1. The van der Waals surface area contributed by atoms with Gasteiger partial charge < -0.3 is 4.98 Å². The van der Waals surface area contributed by atoms with Gasteiger partial charge in [0, 0.05) is 32.7 Å². The van der Waals surface area contributed by atoms with E-state index in [1.807, 2.05) is 38.1 Å². The van der Waals surface area contributed by atoms with Crippen molar-refractivity contribution < 1.29 is 32.7 Å². The first-order valence-corrected chi connectivity index (χ1v) is 7.40. The molecular formula is C20H21NY-2. The molecule has 0 aliphatic heterocycles. The number of allylic oxidation sites excluding steroid dienone is 1. The van der Waals surface area contributed by atoms with Crippen molar-refractivity contribution in [2.24, 2.45) is 0 Å². The number of H-pyrrole nitrogens is 1. The Morgan fingerprint density at radius 1 is 1.05 bits per heavy atom. The average molecular weight is 364 g/mol.